The number of hydrogen-bond donors (Lipinski definition) is 0. The predicted octanol–water partition coefficient (Wildman–Crippen LogP) is 5.53. The molecule has 2 aromatic carbocycles. The maximum atomic E-state index is 14.7. The van der Waals surface area contributed by atoms with Crippen molar-refractivity contribution in [2.24, 2.45) is 0 Å². The maximum absolute atomic E-state index is 14.7. The number of halogens is 2. The second-order valence-electron chi connectivity index (χ2n) is 9.25. The van der Waals surface area contributed by atoms with Gasteiger partial charge in [0.25, 0.3) is 0 Å². The molecule has 0 spiro atoms. The van der Waals surface area contributed by atoms with Crippen LogP contribution in [0.1, 0.15) is 12.0 Å². The minimum absolute atomic E-state index is 0.610. The Morgan fingerprint density at radius 3 is 2.19 bits per heavy atom. The zero-order valence-corrected chi connectivity index (χ0v) is 26.4. The highest BCUT2D eigenvalue weighted by Crippen LogP contribution is 2.50. The Bertz CT molecular complexity index is 996. The molecule has 11 heteroatoms. The van der Waals surface area contributed by atoms with Crippen molar-refractivity contribution in [1.82, 2.24) is 9.80 Å². The fourth-order valence-electron chi connectivity index (χ4n) is 4.60. The summed E-state index contributed by atoms with van der Waals surface area (Å²) in [5, 5.41) is -1.52. The summed E-state index contributed by atoms with van der Waals surface area (Å²) in [6.07, 6.45) is 1.05. The van der Waals surface area contributed by atoms with E-state index in [4.69, 9.17) is 12.5 Å². The first-order valence-corrected chi connectivity index (χ1v) is 15.6. The van der Waals surface area contributed by atoms with Crippen LogP contribution in [0.3, 0.4) is 0 Å². The molecule has 204 valence electrons. The summed E-state index contributed by atoms with van der Waals surface area (Å²) in [7, 11) is 4.58. The molecule has 2 aromatic rings. The van der Waals surface area contributed by atoms with Gasteiger partial charge in [-0.15, -0.1) is 0 Å². The largest absolute Gasteiger partial charge is 0.378 e. The van der Waals surface area contributed by atoms with Crippen LogP contribution in [0.15, 0.2) is 52.3 Å². The molecule has 6 nitrogen and oxygen atoms in total. The van der Waals surface area contributed by atoms with Gasteiger partial charge in [0.05, 0.1) is 44.4 Å². The predicted molar refractivity (Wildman–Crippen MR) is 165 cm³/mol. The Hall–Kier alpha value is -0.0900. The normalized spacial score (nSPS) is 16.6. The Labute approximate surface area is 243 Å². The zero-order chi connectivity index (χ0) is 26.1. The number of rotatable bonds is 14. The minimum Gasteiger partial charge on any atom is -0.378 e. The highest BCUT2D eigenvalue weighted by Gasteiger charge is 2.27. The number of fused-ring (bicyclic) bond motifs is 2. The van der Waals surface area contributed by atoms with Gasteiger partial charge in [-0.05, 0) is 42.8 Å². The van der Waals surface area contributed by atoms with Crippen LogP contribution in [0.5, 0.6) is 0 Å². The van der Waals surface area contributed by atoms with Gasteiger partial charge in [-0.2, -0.15) is 0 Å². The van der Waals surface area contributed by atoms with E-state index < -0.39 is 5.15 Å². The van der Waals surface area contributed by atoms with Crippen LogP contribution in [0, 0.1) is 0 Å². The molecule has 0 N–H and O–H groups in total. The van der Waals surface area contributed by atoms with Crippen molar-refractivity contribution in [3.05, 3.63) is 48.0 Å². The van der Waals surface area contributed by atoms with Gasteiger partial charge < -0.3 is 22.3 Å². The summed E-state index contributed by atoms with van der Waals surface area (Å²) in [6, 6.07) is 14.5. The van der Waals surface area contributed by atoms with Gasteiger partial charge in [0.1, 0.15) is 23.0 Å². The molecule has 4 rings (SSSR count). The summed E-state index contributed by atoms with van der Waals surface area (Å²) in [6.45, 7) is 10.4. The Kier molecular flexibility index (Phi) is 12.2. The van der Waals surface area contributed by atoms with Crippen molar-refractivity contribution < 1.29 is 16.9 Å². The van der Waals surface area contributed by atoms with Crippen LogP contribution in [0.4, 0.5) is 15.8 Å². The summed E-state index contributed by atoms with van der Waals surface area (Å²) >= 11 is 3.64. The highest BCUT2D eigenvalue weighted by atomic mass is 127. The third-order valence-electron chi connectivity index (χ3n) is 6.62. The lowest BCUT2D eigenvalue weighted by atomic mass is 10.1. The Morgan fingerprint density at radius 2 is 1.46 bits per heavy atom. The smallest absolute Gasteiger partial charge is 0.160 e. The van der Waals surface area contributed by atoms with Crippen LogP contribution in [0.2, 0.25) is 0 Å². The molecule has 2 aliphatic heterocycles. The van der Waals surface area contributed by atoms with E-state index in [1.165, 1.54) is 15.5 Å². The van der Waals surface area contributed by atoms with E-state index in [9.17, 15) is 4.39 Å². The number of hydrogen-bond acceptors (Lipinski definition) is 7. The molecule has 0 amide bonds. The fraction of sp³-hybridized carbons (Fsp3) is 0.538. The quantitative estimate of drug-likeness (QED) is 0.148. The van der Waals surface area contributed by atoms with E-state index >= 15 is 0 Å². The van der Waals surface area contributed by atoms with Gasteiger partial charge in [0.15, 0.2) is 5.15 Å². The highest BCUT2D eigenvalue weighted by molar-refractivity contribution is 14.1. The van der Waals surface area contributed by atoms with Crippen molar-refractivity contribution >= 4 is 64.6 Å². The summed E-state index contributed by atoms with van der Waals surface area (Å²) in [5.41, 5.74) is 2.97. The maximum Gasteiger partial charge on any atom is 0.160 e. The van der Waals surface area contributed by atoms with E-state index in [1.54, 1.807) is 11.8 Å². The molecule has 2 heterocycles. The number of anilines is 2. The average molecular weight is 680 g/mol. The van der Waals surface area contributed by atoms with E-state index in [1.807, 2.05) is 35.1 Å². The van der Waals surface area contributed by atoms with Crippen LogP contribution in [-0.4, -0.2) is 88.6 Å². The van der Waals surface area contributed by atoms with Crippen LogP contribution in [-0.2, 0) is 17.7 Å². The lowest BCUT2D eigenvalue weighted by Gasteiger charge is -2.36. The van der Waals surface area contributed by atoms with Crippen molar-refractivity contribution in [1.29, 1.82) is 0 Å². The van der Waals surface area contributed by atoms with Crippen molar-refractivity contribution in [3.63, 3.8) is 0 Å². The lowest BCUT2D eigenvalue weighted by molar-refractivity contribution is 0.0270. The molecule has 0 saturated carbocycles. The summed E-state index contributed by atoms with van der Waals surface area (Å²) < 4.78 is 30.7. The number of benzene rings is 2. The van der Waals surface area contributed by atoms with Crippen LogP contribution < -0.4 is 4.90 Å². The Morgan fingerprint density at radius 1 is 0.811 bits per heavy atom. The standard InChI is InChI=1S/C26H37FIN3O3P2S/c27-26(35,36)21-6-7-25-23(20-21)31(22-4-1-2-5-24(22)37-25)9-3-8-29-10-12-30(13-11-29)14-15-32-16-17-33-18-19-34-28/h1-2,4-7,20H,3,8-19,35-36H2. The van der Waals surface area contributed by atoms with Gasteiger partial charge in [-0.1, -0.05) is 48.4 Å². The average Bonchev–Trinajstić information content (AvgIpc) is 2.90. The molecule has 1 saturated heterocycles. The molecule has 0 aliphatic carbocycles. The molecular formula is C26H37FIN3O3P2S. The summed E-state index contributed by atoms with van der Waals surface area (Å²) in [4.78, 5) is 9.84. The van der Waals surface area contributed by atoms with Gasteiger partial charge in [-0.3, -0.25) is 4.90 Å². The van der Waals surface area contributed by atoms with Gasteiger partial charge >= 0.3 is 0 Å². The number of alkyl halides is 1. The summed E-state index contributed by atoms with van der Waals surface area (Å²) in [5.74, 6) is 0. The first-order valence-electron chi connectivity index (χ1n) is 12.7. The second-order valence-corrected chi connectivity index (χ2v) is 13.3. The second kappa shape index (κ2) is 15.1. The molecule has 2 atom stereocenters. The third kappa shape index (κ3) is 8.95. The van der Waals surface area contributed by atoms with Gasteiger partial charge in [0.2, 0.25) is 0 Å². The van der Waals surface area contributed by atoms with E-state index in [0.29, 0.717) is 32.0 Å². The lowest BCUT2D eigenvalue weighted by Crippen LogP contribution is -2.47. The fourth-order valence-corrected chi connectivity index (χ4v) is 6.22. The van der Waals surface area contributed by atoms with Crippen molar-refractivity contribution in [2.45, 2.75) is 21.4 Å². The molecule has 2 aliphatic rings. The van der Waals surface area contributed by atoms with Crippen molar-refractivity contribution in [2.75, 3.05) is 83.7 Å². The molecular weight excluding hydrogens is 642 g/mol. The topological polar surface area (TPSA) is 37.4 Å². The van der Waals surface area contributed by atoms with Gasteiger partial charge in [-0.25, -0.2) is 4.39 Å². The molecule has 0 bridgehead atoms. The van der Waals surface area contributed by atoms with E-state index in [-0.39, 0.29) is 0 Å². The molecule has 37 heavy (non-hydrogen) atoms. The first kappa shape index (κ1) is 29.9. The van der Waals surface area contributed by atoms with E-state index in [0.717, 1.165) is 64.5 Å². The first-order chi connectivity index (χ1) is 18.0. The third-order valence-corrected chi connectivity index (χ3v) is 8.86. The minimum atomic E-state index is -1.52. The van der Waals surface area contributed by atoms with E-state index in [2.05, 4.69) is 63.5 Å². The van der Waals surface area contributed by atoms with Crippen molar-refractivity contribution in [3.8, 4) is 0 Å². The van der Waals surface area contributed by atoms with Crippen LogP contribution >= 0.6 is 53.2 Å². The number of para-hydroxylation sites is 1. The Balaban J connectivity index is 1.22. The zero-order valence-electron chi connectivity index (χ0n) is 21.1. The number of ether oxygens (including phenoxy) is 2. The molecule has 2 unspecified atom stereocenters. The molecule has 1 fully saturated rings. The molecule has 0 aromatic heterocycles. The number of nitrogens with zero attached hydrogens (tertiary/aromatic N) is 3. The van der Waals surface area contributed by atoms with Crippen LogP contribution in [0.25, 0.3) is 0 Å². The monoisotopic (exact) mass is 679 g/mol. The SMILES string of the molecule is FC(P)(P)c1ccc2c(c1)N(CCCN1CCN(CCOCCOCCOI)CC1)c1ccccc1S2. The molecule has 0 radical (unpaired) electrons. The number of piperazine rings is 1. The van der Waals surface area contributed by atoms with Gasteiger partial charge in [0, 0.05) is 49.1 Å².